The summed E-state index contributed by atoms with van der Waals surface area (Å²) in [4.78, 5) is 36.1. The zero-order chi connectivity index (χ0) is 23.4. The van der Waals surface area contributed by atoms with Crippen molar-refractivity contribution in [2.75, 3.05) is 23.3 Å². The van der Waals surface area contributed by atoms with E-state index in [0.717, 1.165) is 0 Å². The minimum atomic E-state index is -3.83. The van der Waals surface area contributed by atoms with E-state index >= 15 is 0 Å². The highest BCUT2D eigenvalue weighted by Gasteiger charge is 2.19. The predicted octanol–water partition coefficient (Wildman–Crippen LogP) is 2.86. The van der Waals surface area contributed by atoms with Crippen LogP contribution in [-0.4, -0.2) is 39.3 Å². The van der Waals surface area contributed by atoms with Crippen LogP contribution in [0.3, 0.4) is 0 Å². The number of hydrogen-bond acceptors (Lipinski definition) is 7. The summed E-state index contributed by atoms with van der Waals surface area (Å²) >= 11 is 0. The third-order valence-corrected chi connectivity index (χ3v) is 6.09. The van der Waals surface area contributed by atoms with Crippen molar-refractivity contribution in [2.45, 2.75) is 4.90 Å². The lowest BCUT2D eigenvalue weighted by molar-refractivity contribution is -0.118. The lowest BCUT2D eigenvalue weighted by Crippen LogP contribution is -2.25. The van der Waals surface area contributed by atoms with Gasteiger partial charge in [-0.2, -0.15) is 0 Å². The summed E-state index contributed by atoms with van der Waals surface area (Å²) in [6.45, 7) is -0.623. The number of rotatable bonds is 7. The van der Waals surface area contributed by atoms with Crippen LogP contribution >= 0.6 is 0 Å². The van der Waals surface area contributed by atoms with E-state index < -0.39 is 28.4 Å². The van der Waals surface area contributed by atoms with E-state index in [9.17, 15) is 22.8 Å². The molecule has 3 aromatic carbocycles. The Morgan fingerprint density at radius 1 is 0.970 bits per heavy atom. The maximum absolute atomic E-state index is 12.5. The standard InChI is InChI=1S/C23H18N2O7S/c26-20(16-8-11-21-19(12-16)24-22(27)14-31-21)13-32-23(28)15-6-9-18(10-7-15)33(29,30)25-17-4-2-1-3-5-17/h1-12,25H,13-14H2,(H,24,27). The van der Waals surface area contributed by atoms with E-state index in [-0.39, 0.29) is 28.5 Å². The van der Waals surface area contributed by atoms with Gasteiger partial charge in [-0.3, -0.25) is 14.3 Å². The first-order valence-electron chi connectivity index (χ1n) is 9.77. The molecule has 0 aromatic heterocycles. The van der Waals surface area contributed by atoms with Crippen molar-refractivity contribution in [1.29, 1.82) is 0 Å². The van der Waals surface area contributed by atoms with Crippen molar-refractivity contribution in [2.24, 2.45) is 0 Å². The second-order valence-corrected chi connectivity index (χ2v) is 8.73. The van der Waals surface area contributed by atoms with Crippen LogP contribution in [0.5, 0.6) is 5.75 Å². The molecule has 168 valence electrons. The van der Waals surface area contributed by atoms with Gasteiger partial charge < -0.3 is 14.8 Å². The predicted molar refractivity (Wildman–Crippen MR) is 119 cm³/mol. The van der Waals surface area contributed by atoms with Crippen molar-refractivity contribution >= 4 is 39.1 Å². The van der Waals surface area contributed by atoms with Crippen molar-refractivity contribution in [3.8, 4) is 5.75 Å². The van der Waals surface area contributed by atoms with Gasteiger partial charge in [0.05, 0.1) is 16.1 Å². The number of anilines is 2. The number of carbonyl (C=O) groups is 3. The topological polar surface area (TPSA) is 128 Å². The van der Waals surface area contributed by atoms with Crippen molar-refractivity contribution in [1.82, 2.24) is 0 Å². The van der Waals surface area contributed by atoms with Crippen LogP contribution in [0.15, 0.2) is 77.7 Å². The SMILES string of the molecule is O=C1COc2ccc(C(=O)COC(=O)c3ccc(S(=O)(=O)Nc4ccccc4)cc3)cc2N1. The number of fused-ring (bicyclic) bond motifs is 1. The van der Waals surface area contributed by atoms with Gasteiger partial charge in [-0.15, -0.1) is 0 Å². The Kier molecular flexibility index (Phi) is 6.09. The first-order valence-corrected chi connectivity index (χ1v) is 11.2. The number of amides is 1. The Bertz CT molecular complexity index is 1320. The number of hydrogen-bond donors (Lipinski definition) is 2. The van der Waals surface area contributed by atoms with Gasteiger partial charge in [0, 0.05) is 11.3 Å². The maximum atomic E-state index is 12.5. The number of ketones is 1. The molecule has 33 heavy (non-hydrogen) atoms. The number of esters is 1. The third kappa shape index (κ3) is 5.18. The number of carbonyl (C=O) groups excluding carboxylic acids is 3. The molecule has 0 atom stereocenters. The number of ether oxygens (including phenoxy) is 2. The third-order valence-electron chi connectivity index (χ3n) is 4.70. The van der Waals surface area contributed by atoms with Crippen molar-refractivity contribution < 1.29 is 32.3 Å². The fourth-order valence-electron chi connectivity index (χ4n) is 3.04. The van der Waals surface area contributed by atoms with E-state index in [1.807, 2.05) is 0 Å². The fraction of sp³-hybridized carbons (Fsp3) is 0.0870. The van der Waals surface area contributed by atoms with E-state index in [2.05, 4.69) is 10.0 Å². The van der Waals surface area contributed by atoms with Crippen molar-refractivity contribution in [3.63, 3.8) is 0 Å². The van der Waals surface area contributed by atoms with E-state index in [4.69, 9.17) is 9.47 Å². The van der Waals surface area contributed by atoms with Crippen molar-refractivity contribution in [3.05, 3.63) is 83.9 Å². The van der Waals surface area contributed by atoms with Gasteiger partial charge in [-0.1, -0.05) is 18.2 Å². The molecule has 0 radical (unpaired) electrons. The van der Waals surface area contributed by atoms with Crippen LogP contribution in [0.2, 0.25) is 0 Å². The number of sulfonamides is 1. The van der Waals surface area contributed by atoms with E-state index in [1.54, 1.807) is 36.4 Å². The summed E-state index contributed by atoms with van der Waals surface area (Å²) in [5.41, 5.74) is 1.10. The molecule has 1 aliphatic rings. The van der Waals surface area contributed by atoms with E-state index in [1.165, 1.54) is 36.4 Å². The summed E-state index contributed by atoms with van der Waals surface area (Å²) in [7, 11) is -3.83. The molecular formula is C23H18N2O7S. The molecule has 1 amide bonds. The highest BCUT2D eigenvalue weighted by atomic mass is 32.2. The zero-order valence-corrected chi connectivity index (χ0v) is 17.9. The number of Topliss-reactive ketones (excluding diaryl/α,β-unsaturated/α-hetero) is 1. The van der Waals surface area contributed by atoms with E-state index in [0.29, 0.717) is 17.1 Å². The van der Waals surface area contributed by atoms with Gasteiger partial charge in [0.1, 0.15) is 5.75 Å². The van der Waals surface area contributed by atoms with Crippen LogP contribution < -0.4 is 14.8 Å². The molecule has 2 N–H and O–H groups in total. The largest absolute Gasteiger partial charge is 0.482 e. The summed E-state index contributed by atoms with van der Waals surface area (Å²) in [6.07, 6.45) is 0. The second-order valence-electron chi connectivity index (χ2n) is 7.04. The molecular weight excluding hydrogens is 448 g/mol. The molecule has 1 heterocycles. The summed E-state index contributed by atoms with van der Waals surface area (Å²) in [5, 5.41) is 2.60. The van der Waals surface area contributed by atoms with Gasteiger partial charge in [-0.05, 0) is 54.6 Å². The molecule has 1 aliphatic heterocycles. The Morgan fingerprint density at radius 3 is 2.39 bits per heavy atom. The highest BCUT2D eigenvalue weighted by molar-refractivity contribution is 7.92. The average molecular weight is 466 g/mol. The van der Waals surface area contributed by atoms with Crippen LogP contribution in [0, 0.1) is 0 Å². The van der Waals surface area contributed by atoms with Gasteiger partial charge in [0.2, 0.25) is 0 Å². The number of benzene rings is 3. The Balaban J connectivity index is 1.37. The molecule has 0 saturated heterocycles. The fourth-order valence-corrected chi connectivity index (χ4v) is 4.10. The van der Waals surface area contributed by atoms with Gasteiger partial charge >= 0.3 is 5.97 Å². The first kappa shape index (κ1) is 22.0. The molecule has 0 saturated carbocycles. The molecule has 0 unspecified atom stereocenters. The molecule has 0 fully saturated rings. The maximum Gasteiger partial charge on any atom is 0.338 e. The molecule has 0 aliphatic carbocycles. The average Bonchev–Trinajstić information content (AvgIpc) is 2.82. The number of para-hydroxylation sites is 1. The quantitative estimate of drug-likeness (QED) is 0.405. The summed E-state index contributed by atoms with van der Waals surface area (Å²) in [6, 6.07) is 18.1. The molecule has 10 heteroatoms. The van der Waals surface area contributed by atoms with Gasteiger partial charge in [-0.25, -0.2) is 13.2 Å². The highest BCUT2D eigenvalue weighted by Crippen LogP contribution is 2.28. The Hall–Kier alpha value is -4.18. The first-order chi connectivity index (χ1) is 15.8. The molecule has 3 aromatic rings. The minimum absolute atomic E-state index is 0.0303. The Labute approximate surface area is 189 Å². The van der Waals surface area contributed by atoms with Crippen LogP contribution in [0.4, 0.5) is 11.4 Å². The molecule has 0 bridgehead atoms. The van der Waals surface area contributed by atoms with Crippen LogP contribution in [0.25, 0.3) is 0 Å². The number of nitrogens with one attached hydrogen (secondary N) is 2. The lowest BCUT2D eigenvalue weighted by atomic mass is 10.1. The summed E-state index contributed by atoms with van der Waals surface area (Å²) in [5.74, 6) is -1.14. The molecule has 0 spiro atoms. The normalized spacial score (nSPS) is 12.7. The minimum Gasteiger partial charge on any atom is -0.482 e. The van der Waals surface area contributed by atoms with Gasteiger partial charge in [0.25, 0.3) is 15.9 Å². The lowest BCUT2D eigenvalue weighted by Gasteiger charge is -2.18. The van der Waals surface area contributed by atoms with Crippen LogP contribution in [-0.2, 0) is 19.6 Å². The Morgan fingerprint density at radius 2 is 1.67 bits per heavy atom. The second kappa shape index (κ2) is 9.13. The smallest absolute Gasteiger partial charge is 0.338 e. The van der Waals surface area contributed by atoms with Crippen LogP contribution in [0.1, 0.15) is 20.7 Å². The molecule has 4 rings (SSSR count). The monoisotopic (exact) mass is 466 g/mol. The summed E-state index contributed by atoms with van der Waals surface area (Å²) < 4.78 is 37.7. The zero-order valence-electron chi connectivity index (χ0n) is 17.1. The van der Waals surface area contributed by atoms with Gasteiger partial charge in [0.15, 0.2) is 19.0 Å². The molecule has 9 nitrogen and oxygen atoms in total.